The lowest BCUT2D eigenvalue weighted by molar-refractivity contribution is 0.0620. The molecule has 3 saturated heterocycles. The fraction of sp³-hybridized carbons (Fsp3) is 0.350. The summed E-state index contributed by atoms with van der Waals surface area (Å²) in [5.41, 5.74) is 7.31. The molecule has 2 bridgehead atoms. The van der Waals surface area contributed by atoms with Gasteiger partial charge in [-0.25, -0.2) is 0 Å². The Kier molecular flexibility index (Phi) is 4.68. The summed E-state index contributed by atoms with van der Waals surface area (Å²) in [6, 6.07) is 15.9. The number of nitrogens with one attached hydrogen (secondary N) is 1. The normalized spacial score (nSPS) is 24.9. The molecule has 3 fully saturated rings. The Bertz CT molecular complexity index is 754. The number of rotatable bonds is 4. The predicted molar refractivity (Wildman–Crippen MR) is 102 cm³/mol. The third-order valence-corrected chi connectivity index (χ3v) is 6.18. The van der Waals surface area contributed by atoms with Gasteiger partial charge in [-0.3, -0.25) is 4.79 Å². The number of carbonyl (C=O) groups excluding carboxylic acids is 1. The van der Waals surface area contributed by atoms with Gasteiger partial charge < -0.3 is 16.0 Å². The molecule has 3 N–H and O–H groups in total. The SMILES string of the molecule is Nc1cccc(Sc2ccc(C(=O)NC3CN4CCC3CC4)cc2)c1. The summed E-state index contributed by atoms with van der Waals surface area (Å²) in [6.45, 7) is 3.37. The third kappa shape index (κ3) is 3.83. The molecule has 1 atom stereocenters. The van der Waals surface area contributed by atoms with Crippen LogP contribution in [-0.2, 0) is 0 Å². The van der Waals surface area contributed by atoms with E-state index >= 15 is 0 Å². The van der Waals surface area contributed by atoms with Gasteiger partial charge in [-0.05, 0) is 74.3 Å². The highest BCUT2D eigenvalue weighted by atomic mass is 32.2. The number of anilines is 1. The van der Waals surface area contributed by atoms with E-state index in [9.17, 15) is 4.79 Å². The molecule has 0 radical (unpaired) electrons. The van der Waals surface area contributed by atoms with Crippen LogP contribution in [0.2, 0.25) is 0 Å². The number of hydrogen-bond donors (Lipinski definition) is 2. The average molecular weight is 353 g/mol. The van der Waals surface area contributed by atoms with Gasteiger partial charge in [0.15, 0.2) is 0 Å². The van der Waals surface area contributed by atoms with E-state index in [1.165, 1.54) is 25.9 Å². The smallest absolute Gasteiger partial charge is 0.251 e. The monoisotopic (exact) mass is 353 g/mol. The van der Waals surface area contributed by atoms with Gasteiger partial charge in [0.25, 0.3) is 5.91 Å². The van der Waals surface area contributed by atoms with E-state index in [0.29, 0.717) is 12.0 Å². The second kappa shape index (κ2) is 7.10. The van der Waals surface area contributed by atoms with Crippen LogP contribution in [0.3, 0.4) is 0 Å². The van der Waals surface area contributed by atoms with Crippen molar-refractivity contribution in [3.63, 3.8) is 0 Å². The van der Waals surface area contributed by atoms with Crippen LogP contribution in [0.5, 0.6) is 0 Å². The summed E-state index contributed by atoms with van der Waals surface area (Å²) >= 11 is 1.65. The first-order valence-corrected chi connectivity index (χ1v) is 9.66. The van der Waals surface area contributed by atoms with Gasteiger partial charge in [-0.2, -0.15) is 0 Å². The first-order valence-electron chi connectivity index (χ1n) is 8.84. The molecule has 2 aromatic rings. The van der Waals surface area contributed by atoms with Crippen molar-refractivity contribution in [3.8, 4) is 0 Å². The zero-order valence-corrected chi connectivity index (χ0v) is 15.0. The minimum atomic E-state index is 0.0410. The van der Waals surface area contributed by atoms with Gasteiger partial charge in [0.05, 0.1) is 0 Å². The van der Waals surface area contributed by atoms with Crippen molar-refractivity contribution < 1.29 is 4.79 Å². The minimum Gasteiger partial charge on any atom is -0.399 e. The van der Waals surface area contributed by atoms with Crippen LogP contribution in [0, 0.1) is 5.92 Å². The number of carbonyl (C=O) groups is 1. The number of fused-ring (bicyclic) bond motifs is 3. The maximum atomic E-state index is 12.6. The first-order chi connectivity index (χ1) is 12.2. The molecule has 2 aromatic carbocycles. The van der Waals surface area contributed by atoms with Crippen LogP contribution in [0.25, 0.3) is 0 Å². The van der Waals surface area contributed by atoms with Gasteiger partial charge in [0.2, 0.25) is 0 Å². The molecule has 0 saturated carbocycles. The summed E-state index contributed by atoms with van der Waals surface area (Å²) in [7, 11) is 0. The molecular weight excluding hydrogens is 330 g/mol. The standard InChI is InChI=1S/C20H23N3OS/c21-16-2-1-3-18(12-16)25-17-6-4-15(5-7-17)20(24)22-19-13-23-10-8-14(19)9-11-23/h1-7,12,14,19H,8-11,13,21H2,(H,22,24). The lowest BCUT2D eigenvalue weighted by Gasteiger charge is -2.44. The number of nitrogens with two attached hydrogens (primary N) is 1. The molecule has 3 aliphatic rings. The number of nitrogen functional groups attached to an aromatic ring is 1. The minimum absolute atomic E-state index is 0.0410. The topological polar surface area (TPSA) is 58.4 Å². The van der Waals surface area contributed by atoms with Gasteiger partial charge in [0, 0.05) is 33.6 Å². The summed E-state index contributed by atoms with van der Waals surface area (Å²) in [4.78, 5) is 17.2. The predicted octanol–water partition coefficient (Wildman–Crippen LogP) is 3.24. The Morgan fingerprint density at radius 3 is 2.48 bits per heavy atom. The van der Waals surface area contributed by atoms with Crippen molar-refractivity contribution in [2.75, 3.05) is 25.4 Å². The van der Waals surface area contributed by atoms with E-state index in [1.54, 1.807) is 11.8 Å². The lowest BCUT2D eigenvalue weighted by atomic mass is 9.84. The molecule has 5 rings (SSSR count). The largest absolute Gasteiger partial charge is 0.399 e. The quantitative estimate of drug-likeness (QED) is 0.829. The number of benzene rings is 2. The van der Waals surface area contributed by atoms with Crippen LogP contribution < -0.4 is 11.1 Å². The van der Waals surface area contributed by atoms with E-state index in [2.05, 4.69) is 10.2 Å². The second-order valence-corrected chi connectivity index (χ2v) is 8.06. The molecular formula is C20H23N3OS. The second-order valence-electron chi connectivity index (χ2n) is 6.92. The molecule has 1 amide bonds. The number of hydrogen-bond acceptors (Lipinski definition) is 4. The van der Waals surface area contributed by atoms with E-state index in [-0.39, 0.29) is 5.91 Å². The zero-order valence-electron chi connectivity index (χ0n) is 14.2. The van der Waals surface area contributed by atoms with Crippen LogP contribution in [0.15, 0.2) is 58.3 Å². The Morgan fingerprint density at radius 1 is 1.08 bits per heavy atom. The molecule has 0 aliphatic carbocycles. The molecule has 3 heterocycles. The van der Waals surface area contributed by atoms with Crippen molar-refractivity contribution in [2.45, 2.75) is 28.7 Å². The van der Waals surface area contributed by atoms with Crippen molar-refractivity contribution in [1.29, 1.82) is 0 Å². The zero-order chi connectivity index (χ0) is 17.2. The molecule has 25 heavy (non-hydrogen) atoms. The molecule has 5 heteroatoms. The summed E-state index contributed by atoms with van der Waals surface area (Å²) in [5.74, 6) is 0.687. The Hall–Kier alpha value is -1.98. The highest BCUT2D eigenvalue weighted by Crippen LogP contribution is 2.30. The summed E-state index contributed by atoms with van der Waals surface area (Å²) < 4.78 is 0. The Labute approximate surface area is 152 Å². The number of nitrogens with zero attached hydrogens (tertiary/aromatic N) is 1. The van der Waals surface area contributed by atoms with Crippen LogP contribution in [0.4, 0.5) is 5.69 Å². The van der Waals surface area contributed by atoms with Gasteiger partial charge in [0.1, 0.15) is 0 Å². The Morgan fingerprint density at radius 2 is 1.84 bits per heavy atom. The van der Waals surface area contributed by atoms with E-state index < -0.39 is 0 Å². The summed E-state index contributed by atoms with van der Waals surface area (Å²) in [5, 5.41) is 3.24. The number of piperidine rings is 3. The lowest BCUT2D eigenvalue weighted by Crippen LogP contribution is -2.57. The highest BCUT2D eigenvalue weighted by molar-refractivity contribution is 7.99. The van der Waals surface area contributed by atoms with Crippen LogP contribution >= 0.6 is 11.8 Å². The highest BCUT2D eigenvalue weighted by Gasteiger charge is 2.34. The molecule has 1 unspecified atom stereocenters. The van der Waals surface area contributed by atoms with Crippen LogP contribution in [0.1, 0.15) is 23.2 Å². The van der Waals surface area contributed by atoms with Crippen molar-refractivity contribution in [1.82, 2.24) is 10.2 Å². The van der Waals surface area contributed by atoms with Gasteiger partial charge in [-0.1, -0.05) is 17.8 Å². The maximum absolute atomic E-state index is 12.6. The van der Waals surface area contributed by atoms with Crippen molar-refractivity contribution in [3.05, 3.63) is 54.1 Å². The van der Waals surface area contributed by atoms with Gasteiger partial charge in [-0.15, -0.1) is 0 Å². The van der Waals surface area contributed by atoms with E-state index in [4.69, 9.17) is 5.73 Å². The molecule has 0 aromatic heterocycles. The van der Waals surface area contributed by atoms with Crippen LogP contribution in [-0.4, -0.2) is 36.5 Å². The fourth-order valence-electron chi connectivity index (χ4n) is 3.77. The van der Waals surface area contributed by atoms with E-state index in [1.807, 2.05) is 48.5 Å². The number of amides is 1. The van der Waals surface area contributed by atoms with Crippen molar-refractivity contribution in [2.24, 2.45) is 5.92 Å². The molecule has 3 aliphatic heterocycles. The summed E-state index contributed by atoms with van der Waals surface area (Å²) in [6.07, 6.45) is 2.42. The molecule has 0 spiro atoms. The molecule has 4 nitrogen and oxygen atoms in total. The van der Waals surface area contributed by atoms with Crippen molar-refractivity contribution >= 4 is 23.4 Å². The van der Waals surface area contributed by atoms with Gasteiger partial charge >= 0.3 is 0 Å². The fourth-order valence-corrected chi connectivity index (χ4v) is 4.65. The average Bonchev–Trinajstić information content (AvgIpc) is 2.63. The molecule has 130 valence electrons. The van der Waals surface area contributed by atoms with E-state index in [0.717, 1.165) is 27.6 Å². The third-order valence-electron chi connectivity index (χ3n) is 5.18. The maximum Gasteiger partial charge on any atom is 0.251 e. The Balaban J connectivity index is 1.39. The first kappa shape index (κ1) is 16.5.